The van der Waals surface area contributed by atoms with Gasteiger partial charge in [-0.2, -0.15) is 0 Å². The third-order valence-corrected chi connectivity index (χ3v) is 5.80. The Morgan fingerprint density at radius 1 is 0.967 bits per heavy atom. The molecule has 2 aromatic carbocycles. The number of carbonyl (C=O) groups excluding carboxylic acids is 1. The Kier molecular flexibility index (Phi) is 7.32. The molecule has 0 N–H and O–H groups in total. The Morgan fingerprint density at radius 2 is 1.63 bits per heavy atom. The van der Waals surface area contributed by atoms with Crippen molar-refractivity contribution in [2.75, 3.05) is 5.75 Å². The summed E-state index contributed by atoms with van der Waals surface area (Å²) >= 11 is 1.41. The summed E-state index contributed by atoms with van der Waals surface area (Å²) in [6.07, 6.45) is -0.260. The largest absolute Gasteiger partial charge is 0.483 e. The van der Waals surface area contributed by atoms with Gasteiger partial charge in [-0.05, 0) is 44.4 Å². The maximum Gasteiger partial charge on any atom is 0.192 e. The second-order valence-corrected chi connectivity index (χ2v) is 8.81. The number of hydrogen-bond acceptors (Lipinski definition) is 5. The van der Waals surface area contributed by atoms with Gasteiger partial charge in [0.1, 0.15) is 5.75 Å². The van der Waals surface area contributed by atoms with Gasteiger partial charge >= 0.3 is 0 Å². The van der Waals surface area contributed by atoms with E-state index >= 15 is 0 Å². The molecule has 5 nitrogen and oxygen atoms in total. The number of hydrogen-bond donors (Lipinski definition) is 0. The Balaban J connectivity index is 1.72. The van der Waals surface area contributed by atoms with Gasteiger partial charge in [0.05, 0.1) is 5.75 Å². The highest BCUT2D eigenvalue weighted by Gasteiger charge is 2.22. The minimum Gasteiger partial charge on any atom is -0.483 e. The first kappa shape index (κ1) is 22.1. The van der Waals surface area contributed by atoms with Gasteiger partial charge in [-0.3, -0.25) is 4.79 Å². The van der Waals surface area contributed by atoms with E-state index in [9.17, 15) is 4.79 Å². The summed E-state index contributed by atoms with van der Waals surface area (Å²) in [5.74, 6) is 2.45. The van der Waals surface area contributed by atoms with Crippen molar-refractivity contribution in [3.63, 3.8) is 0 Å². The number of Topliss-reactive ketones (excluding diaryl/α,β-unsaturated/α-hetero) is 1. The van der Waals surface area contributed by atoms with Crippen molar-refractivity contribution in [3.05, 3.63) is 71.5 Å². The minimum atomic E-state index is -0.260. The smallest absolute Gasteiger partial charge is 0.192 e. The Hall–Kier alpha value is -2.60. The van der Waals surface area contributed by atoms with Crippen molar-refractivity contribution in [1.29, 1.82) is 0 Å². The number of nitrogens with zero attached hydrogens (tertiary/aromatic N) is 3. The van der Waals surface area contributed by atoms with Gasteiger partial charge in [-0.1, -0.05) is 68.1 Å². The summed E-state index contributed by atoms with van der Waals surface area (Å²) in [7, 11) is 0. The molecule has 0 aliphatic carbocycles. The number of rotatable bonds is 9. The van der Waals surface area contributed by atoms with Crippen molar-refractivity contribution >= 4 is 17.5 Å². The van der Waals surface area contributed by atoms with Crippen molar-refractivity contribution in [2.45, 2.75) is 57.8 Å². The van der Waals surface area contributed by atoms with Crippen LogP contribution in [0.2, 0.25) is 0 Å². The van der Waals surface area contributed by atoms with Crippen molar-refractivity contribution in [1.82, 2.24) is 14.8 Å². The summed E-state index contributed by atoms with van der Waals surface area (Å²) in [5, 5.41) is 9.46. The molecule has 0 saturated carbocycles. The lowest BCUT2D eigenvalue weighted by molar-refractivity contribution is 0.102. The number of aromatic nitrogens is 3. The van der Waals surface area contributed by atoms with Gasteiger partial charge in [0.25, 0.3) is 0 Å². The molecule has 0 fully saturated rings. The normalized spacial score (nSPS) is 12.4. The lowest BCUT2D eigenvalue weighted by atomic mass is 10.0. The van der Waals surface area contributed by atoms with Gasteiger partial charge in [0.2, 0.25) is 0 Å². The Bertz CT molecular complexity index is 966. The predicted octanol–water partition coefficient (Wildman–Crippen LogP) is 6.10. The lowest BCUT2D eigenvalue weighted by Crippen LogP contribution is -2.14. The second kappa shape index (κ2) is 9.94. The quantitative estimate of drug-likeness (QED) is 0.307. The molecule has 0 amide bonds. The standard InChI is InChI=1S/C24H29N3O2S/c1-16(2)19-11-13-21(14-12-19)29-18(5)23-25-26-24(27(23)17(3)4)30-15-22(28)20-9-7-6-8-10-20/h6-14,16-18H,15H2,1-5H3. The molecule has 1 atom stereocenters. The first-order valence-electron chi connectivity index (χ1n) is 10.3. The van der Waals surface area contributed by atoms with E-state index in [0.29, 0.717) is 17.2 Å². The highest BCUT2D eigenvalue weighted by molar-refractivity contribution is 7.99. The molecule has 1 unspecified atom stereocenters. The van der Waals surface area contributed by atoms with Crippen LogP contribution in [0.5, 0.6) is 5.75 Å². The molecule has 1 aromatic heterocycles. The molecule has 0 aliphatic rings. The number of benzene rings is 2. The van der Waals surface area contributed by atoms with Crippen LogP contribution in [0.15, 0.2) is 59.8 Å². The molecule has 3 rings (SSSR count). The molecule has 0 radical (unpaired) electrons. The molecule has 0 aliphatic heterocycles. The van der Waals surface area contributed by atoms with Gasteiger partial charge < -0.3 is 9.30 Å². The number of thioether (sulfide) groups is 1. The van der Waals surface area contributed by atoms with Gasteiger partial charge in [-0.25, -0.2) is 0 Å². The third-order valence-electron chi connectivity index (χ3n) is 4.86. The summed E-state index contributed by atoms with van der Waals surface area (Å²) in [6.45, 7) is 10.5. The average Bonchev–Trinajstić information content (AvgIpc) is 3.17. The fourth-order valence-electron chi connectivity index (χ4n) is 3.17. The number of ketones is 1. The van der Waals surface area contributed by atoms with E-state index in [1.165, 1.54) is 17.3 Å². The molecular weight excluding hydrogens is 394 g/mol. The monoisotopic (exact) mass is 423 g/mol. The highest BCUT2D eigenvalue weighted by Crippen LogP contribution is 2.28. The van der Waals surface area contributed by atoms with Crippen LogP contribution in [0.1, 0.15) is 74.4 Å². The summed E-state index contributed by atoms with van der Waals surface area (Å²) in [5.41, 5.74) is 1.99. The number of ether oxygens (including phenoxy) is 1. The fourth-order valence-corrected chi connectivity index (χ4v) is 4.14. The van der Waals surface area contributed by atoms with Crippen LogP contribution in [-0.4, -0.2) is 26.3 Å². The Morgan fingerprint density at radius 3 is 2.23 bits per heavy atom. The number of carbonyl (C=O) groups is 1. The van der Waals surface area contributed by atoms with E-state index < -0.39 is 0 Å². The van der Waals surface area contributed by atoms with Gasteiger partial charge in [-0.15, -0.1) is 10.2 Å². The molecule has 0 spiro atoms. The molecule has 6 heteroatoms. The molecule has 30 heavy (non-hydrogen) atoms. The summed E-state index contributed by atoms with van der Waals surface area (Å²) in [6, 6.07) is 17.7. The first-order valence-corrected chi connectivity index (χ1v) is 11.3. The van der Waals surface area contributed by atoms with Crippen LogP contribution in [-0.2, 0) is 0 Å². The van der Waals surface area contributed by atoms with E-state index in [-0.39, 0.29) is 17.9 Å². The highest BCUT2D eigenvalue weighted by atomic mass is 32.2. The zero-order valence-electron chi connectivity index (χ0n) is 18.2. The van der Waals surface area contributed by atoms with Crippen LogP contribution in [0.3, 0.4) is 0 Å². The van der Waals surface area contributed by atoms with Crippen LogP contribution >= 0.6 is 11.8 Å². The van der Waals surface area contributed by atoms with Crippen molar-refractivity contribution in [3.8, 4) is 5.75 Å². The van der Waals surface area contributed by atoms with Crippen LogP contribution in [0, 0.1) is 0 Å². The van der Waals surface area contributed by atoms with Crippen LogP contribution in [0.4, 0.5) is 0 Å². The third kappa shape index (κ3) is 5.30. The van der Waals surface area contributed by atoms with Crippen LogP contribution in [0.25, 0.3) is 0 Å². The molecular formula is C24H29N3O2S. The summed E-state index contributed by atoms with van der Waals surface area (Å²) < 4.78 is 8.19. The molecule has 0 saturated heterocycles. The van der Waals surface area contributed by atoms with Gasteiger partial charge in [0, 0.05) is 11.6 Å². The molecule has 3 aromatic rings. The van der Waals surface area contributed by atoms with Crippen molar-refractivity contribution in [2.24, 2.45) is 0 Å². The first-order chi connectivity index (χ1) is 14.4. The maximum absolute atomic E-state index is 12.5. The lowest BCUT2D eigenvalue weighted by Gasteiger charge is -2.19. The zero-order chi connectivity index (χ0) is 21.7. The summed E-state index contributed by atoms with van der Waals surface area (Å²) in [4.78, 5) is 12.5. The fraction of sp³-hybridized carbons (Fsp3) is 0.375. The van der Waals surface area contributed by atoms with E-state index in [4.69, 9.17) is 4.74 Å². The predicted molar refractivity (Wildman–Crippen MR) is 121 cm³/mol. The topological polar surface area (TPSA) is 57.0 Å². The molecule has 1 heterocycles. The molecule has 158 valence electrons. The average molecular weight is 424 g/mol. The zero-order valence-corrected chi connectivity index (χ0v) is 19.0. The van der Waals surface area contributed by atoms with E-state index in [1.807, 2.05) is 49.4 Å². The maximum atomic E-state index is 12.5. The van der Waals surface area contributed by atoms with Crippen molar-refractivity contribution < 1.29 is 9.53 Å². The van der Waals surface area contributed by atoms with E-state index in [2.05, 4.69) is 54.6 Å². The van der Waals surface area contributed by atoms with Crippen LogP contribution < -0.4 is 4.74 Å². The van der Waals surface area contributed by atoms with E-state index in [1.54, 1.807) is 0 Å². The SMILES string of the molecule is CC(C)c1ccc(OC(C)c2nnc(SCC(=O)c3ccccc3)n2C(C)C)cc1. The molecule has 0 bridgehead atoms. The Labute approximate surface area is 182 Å². The van der Waals surface area contributed by atoms with Gasteiger partial charge in [0.15, 0.2) is 22.9 Å². The van der Waals surface area contributed by atoms with E-state index in [0.717, 1.165) is 16.7 Å². The second-order valence-electron chi connectivity index (χ2n) is 7.87. The minimum absolute atomic E-state index is 0.0787.